The number of nitrogens with two attached hydrogens (primary N) is 2. The zero-order valence-electron chi connectivity index (χ0n) is 12.3. The van der Waals surface area contributed by atoms with Gasteiger partial charge in [0.1, 0.15) is 0 Å². The fraction of sp³-hybridized carbons (Fsp3) is 0.235. The SMILES string of the molecule is CCCN(Cc1ccccc1C(N)=O)c1cccc(N)c1. The van der Waals surface area contributed by atoms with Gasteiger partial charge in [0.25, 0.3) is 0 Å². The zero-order valence-corrected chi connectivity index (χ0v) is 12.3. The number of carbonyl (C=O) groups is 1. The second-order valence-electron chi connectivity index (χ2n) is 5.04. The summed E-state index contributed by atoms with van der Waals surface area (Å²) in [5, 5.41) is 0. The van der Waals surface area contributed by atoms with Crippen LogP contribution in [0.3, 0.4) is 0 Å². The van der Waals surface area contributed by atoms with Gasteiger partial charge in [-0.25, -0.2) is 0 Å². The summed E-state index contributed by atoms with van der Waals surface area (Å²) in [6.07, 6.45) is 1.01. The van der Waals surface area contributed by atoms with Crippen molar-refractivity contribution in [3.05, 3.63) is 59.7 Å². The van der Waals surface area contributed by atoms with Crippen LogP contribution in [0.4, 0.5) is 11.4 Å². The first-order chi connectivity index (χ1) is 10.1. The standard InChI is InChI=1S/C17H21N3O/c1-2-10-20(15-8-5-7-14(18)11-15)12-13-6-3-4-9-16(13)17(19)21/h3-9,11H,2,10,12,18H2,1H3,(H2,19,21). The molecule has 110 valence electrons. The Labute approximate surface area is 125 Å². The van der Waals surface area contributed by atoms with Crippen molar-refractivity contribution >= 4 is 17.3 Å². The van der Waals surface area contributed by atoms with Crippen LogP contribution in [0.2, 0.25) is 0 Å². The van der Waals surface area contributed by atoms with E-state index in [1.807, 2.05) is 42.5 Å². The molecule has 0 bridgehead atoms. The Balaban J connectivity index is 2.31. The zero-order chi connectivity index (χ0) is 15.2. The topological polar surface area (TPSA) is 72.3 Å². The van der Waals surface area contributed by atoms with Crippen LogP contribution < -0.4 is 16.4 Å². The molecule has 0 heterocycles. The van der Waals surface area contributed by atoms with Crippen LogP contribution in [0, 0.1) is 0 Å². The molecular weight excluding hydrogens is 262 g/mol. The Morgan fingerprint density at radius 3 is 2.57 bits per heavy atom. The minimum atomic E-state index is -0.394. The van der Waals surface area contributed by atoms with Crippen molar-refractivity contribution in [1.82, 2.24) is 0 Å². The molecule has 0 radical (unpaired) electrons. The molecule has 0 aliphatic rings. The molecule has 4 N–H and O–H groups in total. The number of anilines is 2. The lowest BCUT2D eigenvalue weighted by Crippen LogP contribution is -2.25. The molecule has 0 unspecified atom stereocenters. The van der Waals surface area contributed by atoms with E-state index in [1.54, 1.807) is 6.07 Å². The molecule has 1 amide bonds. The number of primary amides is 1. The van der Waals surface area contributed by atoms with E-state index in [9.17, 15) is 4.79 Å². The van der Waals surface area contributed by atoms with Crippen molar-refractivity contribution in [1.29, 1.82) is 0 Å². The van der Waals surface area contributed by atoms with Crippen LogP contribution in [0.25, 0.3) is 0 Å². The molecule has 21 heavy (non-hydrogen) atoms. The number of hydrogen-bond donors (Lipinski definition) is 2. The van der Waals surface area contributed by atoms with E-state index >= 15 is 0 Å². The Morgan fingerprint density at radius 2 is 1.90 bits per heavy atom. The van der Waals surface area contributed by atoms with Gasteiger partial charge in [0.15, 0.2) is 0 Å². The predicted molar refractivity (Wildman–Crippen MR) is 87.2 cm³/mol. The van der Waals surface area contributed by atoms with E-state index in [1.165, 1.54) is 0 Å². The van der Waals surface area contributed by atoms with Crippen LogP contribution in [0.1, 0.15) is 29.3 Å². The highest BCUT2D eigenvalue weighted by Gasteiger charge is 2.12. The van der Waals surface area contributed by atoms with Gasteiger partial charge in [-0.15, -0.1) is 0 Å². The highest BCUT2D eigenvalue weighted by atomic mass is 16.1. The van der Waals surface area contributed by atoms with Gasteiger partial charge in [0.2, 0.25) is 5.91 Å². The van der Waals surface area contributed by atoms with Gasteiger partial charge in [-0.3, -0.25) is 4.79 Å². The maximum Gasteiger partial charge on any atom is 0.249 e. The first-order valence-electron chi connectivity index (χ1n) is 7.10. The Hall–Kier alpha value is -2.49. The largest absolute Gasteiger partial charge is 0.399 e. The Kier molecular flexibility index (Phi) is 4.82. The Morgan fingerprint density at radius 1 is 1.14 bits per heavy atom. The number of rotatable bonds is 6. The smallest absolute Gasteiger partial charge is 0.249 e. The summed E-state index contributed by atoms with van der Waals surface area (Å²) in [6.45, 7) is 3.65. The van der Waals surface area contributed by atoms with E-state index in [0.29, 0.717) is 12.1 Å². The molecule has 2 aromatic rings. The Bertz CT molecular complexity index is 625. The summed E-state index contributed by atoms with van der Waals surface area (Å²) in [4.78, 5) is 13.7. The van der Waals surface area contributed by atoms with E-state index in [-0.39, 0.29) is 0 Å². The third-order valence-corrected chi connectivity index (χ3v) is 3.37. The molecule has 0 spiro atoms. The van der Waals surface area contributed by atoms with Gasteiger partial charge in [0, 0.05) is 30.0 Å². The summed E-state index contributed by atoms with van der Waals surface area (Å²) < 4.78 is 0. The monoisotopic (exact) mass is 283 g/mol. The molecule has 0 saturated carbocycles. The minimum absolute atomic E-state index is 0.394. The number of benzene rings is 2. The maximum atomic E-state index is 11.5. The summed E-state index contributed by atoms with van der Waals surface area (Å²) in [7, 11) is 0. The predicted octanol–water partition coefficient (Wildman–Crippen LogP) is 2.78. The number of carbonyl (C=O) groups excluding carboxylic acids is 1. The van der Waals surface area contributed by atoms with Gasteiger partial charge in [-0.2, -0.15) is 0 Å². The van der Waals surface area contributed by atoms with E-state index < -0.39 is 5.91 Å². The lowest BCUT2D eigenvalue weighted by molar-refractivity contribution is 0.0999. The van der Waals surface area contributed by atoms with E-state index in [4.69, 9.17) is 11.5 Å². The fourth-order valence-corrected chi connectivity index (χ4v) is 2.40. The molecule has 4 nitrogen and oxygen atoms in total. The molecule has 2 rings (SSSR count). The third kappa shape index (κ3) is 3.75. The van der Waals surface area contributed by atoms with Gasteiger partial charge >= 0.3 is 0 Å². The molecule has 2 aromatic carbocycles. The molecule has 4 heteroatoms. The quantitative estimate of drug-likeness (QED) is 0.801. The van der Waals surface area contributed by atoms with Crippen molar-refractivity contribution < 1.29 is 4.79 Å². The molecule has 0 fully saturated rings. The number of amides is 1. The lowest BCUT2D eigenvalue weighted by atomic mass is 10.1. The van der Waals surface area contributed by atoms with Crippen molar-refractivity contribution in [2.75, 3.05) is 17.2 Å². The van der Waals surface area contributed by atoms with Crippen LogP contribution >= 0.6 is 0 Å². The van der Waals surface area contributed by atoms with Crippen LogP contribution in [0.5, 0.6) is 0 Å². The van der Waals surface area contributed by atoms with Crippen molar-refractivity contribution in [2.24, 2.45) is 5.73 Å². The summed E-state index contributed by atoms with van der Waals surface area (Å²) >= 11 is 0. The highest BCUT2D eigenvalue weighted by molar-refractivity contribution is 5.94. The van der Waals surface area contributed by atoms with Gasteiger partial charge in [0.05, 0.1) is 0 Å². The average Bonchev–Trinajstić information content (AvgIpc) is 2.47. The summed E-state index contributed by atoms with van der Waals surface area (Å²) in [6, 6.07) is 15.2. The van der Waals surface area contributed by atoms with Crippen molar-refractivity contribution in [2.45, 2.75) is 19.9 Å². The normalized spacial score (nSPS) is 10.3. The number of nitrogen functional groups attached to an aromatic ring is 1. The fourth-order valence-electron chi connectivity index (χ4n) is 2.40. The van der Waals surface area contributed by atoms with Gasteiger partial charge in [-0.05, 0) is 36.2 Å². The van der Waals surface area contributed by atoms with Crippen LogP contribution in [-0.4, -0.2) is 12.5 Å². The van der Waals surface area contributed by atoms with Crippen molar-refractivity contribution in [3.8, 4) is 0 Å². The van der Waals surface area contributed by atoms with E-state index in [0.717, 1.165) is 29.9 Å². The molecule has 0 aliphatic heterocycles. The second-order valence-corrected chi connectivity index (χ2v) is 5.04. The molecule has 0 aromatic heterocycles. The molecular formula is C17H21N3O. The third-order valence-electron chi connectivity index (χ3n) is 3.37. The van der Waals surface area contributed by atoms with Crippen LogP contribution in [-0.2, 0) is 6.54 Å². The van der Waals surface area contributed by atoms with Crippen molar-refractivity contribution in [3.63, 3.8) is 0 Å². The average molecular weight is 283 g/mol. The van der Waals surface area contributed by atoms with Gasteiger partial charge in [-0.1, -0.05) is 31.2 Å². The highest BCUT2D eigenvalue weighted by Crippen LogP contribution is 2.21. The minimum Gasteiger partial charge on any atom is -0.399 e. The molecule has 0 atom stereocenters. The molecule has 0 saturated heterocycles. The lowest BCUT2D eigenvalue weighted by Gasteiger charge is -2.25. The van der Waals surface area contributed by atoms with Crippen LogP contribution in [0.15, 0.2) is 48.5 Å². The maximum absolute atomic E-state index is 11.5. The second kappa shape index (κ2) is 6.79. The van der Waals surface area contributed by atoms with E-state index in [2.05, 4.69) is 11.8 Å². The summed E-state index contributed by atoms with van der Waals surface area (Å²) in [5.74, 6) is -0.394. The number of hydrogen-bond acceptors (Lipinski definition) is 3. The molecule has 0 aliphatic carbocycles. The van der Waals surface area contributed by atoms with Gasteiger partial charge < -0.3 is 16.4 Å². The number of nitrogens with zero attached hydrogens (tertiary/aromatic N) is 1. The summed E-state index contributed by atoms with van der Waals surface area (Å²) in [5.41, 5.74) is 14.6. The first-order valence-corrected chi connectivity index (χ1v) is 7.10. The first kappa shape index (κ1) is 14.9.